The number of hydrogen-bond acceptors (Lipinski definition) is 3. The van der Waals surface area contributed by atoms with E-state index in [9.17, 15) is 9.18 Å². The highest BCUT2D eigenvalue weighted by Gasteiger charge is 2.19. The highest BCUT2D eigenvalue weighted by Crippen LogP contribution is 2.26. The summed E-state index contributed by atoms with van der Waals surface area (Å²) >= 11 is 11.3. The second-order valence-corrected chi connectivity index (χ2v) is 7.06. The van der Waals surface area contributed by atoms with Crippen LogP contribution in [0.25, 0.3) is 0 Å². The van der Waals surface area contributed by atoms with Crippen molar-refractivity contribution in [2.45, 2.75) is 47.0 Å². The number of rotatable bonds is 8. The van der Waals surface area contributed by atoms with Crippen LogP contribution in [0.1, 0.15) is 46.1 Å². The number of thiocarbonyl (C=S) groups is 1. The summed E-state index contributed by atoms with van der Waals surface area (Å²) in [6.07, 6.45) is 2.25. The molecule has 1 unspecified atom stereocenters. The molecule has 0 spiro atoms. The fourth-order valence-corrected chi connectivity index (χ4v) is 2.37. The number of ether oxygens (including phenoxy) is 1. The van der Waals surface area contributed by atoms with E-state index >= 15 is 0 Å². The minimum absolute atomic E-state index is 0.114. The Hall–Kier alpha value is -1.20. The fourth-order valence-electron chi connectivity index (χ4n) is 1.91. The zero-order chi connectivity index (χ0) is 18.3. The molecule has 0 aliphatic rings. The molecule has 0 aromatic heterocycles. The van der Waals surface area contributed by atoms with E-state index in [0.717, 1.165) is 12.8 Å². The van der Waals surface area contributed by atoms with Gasteiger partial charge in [-0.05, 0) is 42.3 Å². The topological polar surface area (TPSA) is 38.3 Å². The second-order valence-electron chi connectivity index (χ2n) is 6.20. The second kappa shape index (κ2) is 9.94. The molecule has 0 heterocycles. The van der Waals surface area contributed by atoms with Gasteiger partial charge in [0, 0.05) is 17.4 Å². The molecule has 0 radical (unpaired) electrons. The number of carbonyl (C=O) groups is 1. The number of benzene rings is 1. The molecule has 0 aliphatic carbocycles. The van der Waals surface area contributed by atoms with Crippen LogP contribution >= 0.6 is 23.8 Å². The summed E-state index contributed by atoms with van der Waals surface area (Å²) in [6.45, 7) is 8.32. The SMILES string of the molecule is CCCCOC(=S)Cc1cc(NC(=O)C(C)C(C)C)c(F)cc1Cl. The lowest BCUT2D eigenvalue weighted by Gasteiger charge is -2.17. The van der Waals surface area contributed by atoms with Crippen LogP contribution in [0.15, 0.2) is 12.1 Å². The van der Waals surface area contributed by atoms with Crippen molar-refractivity contribution in [1.29, 1.82) is 0 Å². The van der Waals surface area contributed by atoms with Gasteiger partial charge >= 0.3 is 0 Å². The van der Waals surface area contributed by atoms with Crippen LogP contribution in [0.4, 0.5) is 10.1 Å². The molecule has 1 N–H and O–H groups in total. The van der Waals surface area contributed by atoms with Crippen LogP contribution in [-0.2, 0) is 16.0 Å². The van der Waals surface area contributed by atoms with E-state index in [1.165, 1.54) is 12.1 Å². The molecule has 0 aliphatic heterocycles. The van der Waals surface area contributed by atoms with Gasteiger partial charge < -0.3 is 10.1 Å². The van der Waals surface area contributed by atoms with E-state index in [-0.39, 0.29) is 28.5 Å². The number of anilines is 1. The van der Waals surface area contributed by atoms with Gasteiger partial charge in [-0.25, -0.2) is 4.39 Å². The van der Waals surface area contributed by atoms with Gasteiger partial charge in [-0.15, -0.1) is 0 Å². The van der Waals surface area contributed by atoms with E-state index in [1.807, 2.05) is 20.8 Å². The highest BCUT2D eigenvalue weighted by atomic mass is 35.5. The van der Waals surface area contributed by atoms with Crippen molar-refractivity contribution in [3.05, 3.63) is 28.5 Å². The first kappa shape index (κ1) is 20.8. The van der Waals surface area contributed by atoms with Gasteiger partial charge in [-0.2, -0.15) is 0 Å². The van der Waals surface area contributed by atoms with Crippen molar-refractivity contribution in [2.24, 2.45) is 11.8 Å². The third-order valence-electron chi connectivity index (χ3n) is 3.90. The molecule has 1 amide bonds. The van der Waals surface area contributed by atoms with E-state index in [4.69, 9.17) is 28.6 Å². The predicted molar refractivity (Wildman–Crippen MR) is 101 cm³/mol. The van der Waals surface area contributed by atoms with Crippen molar-refractivity contribution in [3.63, 3.8) is 0 Å². The molecule has 134 valence electrons. The van der Waals surface area contributed by atoms with Gasteiger partial charge in [-0.1, -0.05) is 45.7 Å². The van der Waals surface area contributed by atoms with Crippen LogP contribution in [-0.4, -0.2) is 17.6 Å². The molecule has 24 heavy (non-hydrogen) atoms. The largest absolute Gasteiger partial charge is 0.487 e. The molecule has 1 rings (SSSR count). The Labute approximate surface area is 153 Å². The van der Waals surface area contributed by atoms with Crippen molar-refractivity contribution in [1.82, 2.24) is 0 Å². The fraction of sp³-hybridized carbons (Fsp3) is 0.556. The first-order valence-corrected chi connectivity index (χ1v) is 8.99. The predicted octanol–water partition coefficient (Wildman–Crippen LogP) is 5.40. The van der Waals surface area contributed by atoms with Gasteiger partial charge in [0.2, 0.25) is 5.91 Å². The summed E-state index contributed by atoms with van der Waals surface area (Å²) in [5.41, 5.74) is 0.746. The Morgan fingerprint density at radius 2 is 2.04 bits per heavy atom. The Balaban J connectivity index is 2.85. The van der Waals surface area contributed by atoms with E-state index in [2.05, 4.69) is 12.2 Å². The first-order valence-electron chi connectivity index (χ1n) is 8.20. The third kappa shape index (κ3) is 6.36. The Morgan fingerprint density at radius 1 is 1.38 bits per heavy atom. The lowest BCUT2D eigenvalue weighted by atomic mass is 9.97. The van der Waals surface area contributed by atoms with Crippen LogP contribution in [0.5, 0.6) is 0 Å². The Bertz CT molecular complexity index is 593. The first-order chi connectivity index (χ1) is 11.3. The summed E-state index contributed by atoms with van der Waals surface area (Å²) in [5.74, 6) is -0.842. The normalized spacial score (nSPS) is 12.1. The van der Waals surface area contributed by atoms with Crippen molar-refractivity contribution in [3.8, 4) is 0 Å². The zero-order valence-electron chi connectivity index (χ0n) is 14.6. The van der Waals surface area contributed by atoms with Crippen LogP contribution < -0.4 is 5.32 Å². The molecule has 0 saturated heterocycles. The quantitative estimate of drug-likeness (QED) is 0.490. The van der Waals surface area contributed by atoms with Gasteiger partial charge in [0.1, 0.15) is 5.82 Å². The number of nitrogens with one attached hydrogen (secondary N) is 1. The van der Waals surface area contributed by atoms with Crippen LogP contribution in [0.2, 0.25) is 5.02 Å². The molecule has 0 fully saturated rings. The Morgan fingerprint density at radius 3 is 2.62 bits per heavy atom. The lowest BCUT2D eigenvalue weighted by Crippen LogP contribution is -2.25. The maximum atomic E-state index is 14.1. The molecular weight excluding hydrogens is 349 g/mol. The number of halogens is 2. The van der Waals surface area contributed by atoms with Gasteiger partial charge in [0.15, 0.2) is 5.05 Å². The van der Waals surface area contributed by atoms with Gasteiger partial charge in [-0.3, -0.25) is 4.79 Å². The number of unbranched alkanes of at least 4 members (excludes halogenated alkanes) is 1. The number of carbonyl (C=O) groups excluding carboxylic acids is 1. The highest BCUT2D eigenvalue weighted by molar-refractivity contribution is 7.80. The van der Waals surface area contributed by atoms with Crippen molar-refractivity contribution >= 4 is 40.5 Å². The number of hydrogen-bond donors (Lipinski definition) is 1. The minimum atomic E-state index is -0.564. The van der Waals surface area contributed by atoms with Gasteiger partial charge in [0.05, 0.1) is 12.3 Å². The zero-order valence-corrected chi connectivity index (χ0v) is 16.2. The molecule has 1 atom stereocenters. The average Bonchev–Trinajstić information content (AvgIpc) is 2.51. The van der Waals surface area contributed by atoms with E-state index in [0.29, 0.717) is 23.6 Å². The van der Waals surface area contributed by atoms with E-state index < -0.39 is 5.82 Å². The summed E-state index contributed by atoms with van der Waals surface area (Å²) in [6, 6.07) is 2.72. The van der Waals surface area contributed by atoms with Gasteiger partial charge in [0.25, 0.3) is 0 Å². The minimum Gasteiger partial charge on any atom is -0.487 e. The van der Waals surface area contributed by atoms with Crippen molar-refractivity contribution in [2.75, 3.05) is 11.9 Å². The Kier molecular flexibility index (Phi) is 8.63. The monoisotopic (exact) mass is 373 g/mol. The molecule has 1 aromatic rings. The van der Waals surface area contributed by atoms with Crippen LogP contribution in [0.3, 0.4) is 0 Å². The molecule has 0 saturated carbocycles. The molecule has 3 nitrogen and oxygen atoms in total. The average molecular weight is 374 g/mol. The summed E-state index contributed by atoms with van der Waals surface area (Å²) < 4.78 is 19.5. The number of amides is 1. The summed E-state index contributed by atoms with van der Waals surface area (Å²) in [5, 5.41) is 3.30. The molecular formula is C18H25ClFNO2S. The molecule has 1 aromatic carbocycles. The summed E-state index contributed by atoms with van der Waals surface area (Å²) in [4.78, 5) is 12.1. The van der Waals surface area contributed by atoms with Crippen molar-refractivity contribution < 1.29 is 13.9 Å². The third-order valence-corrected chi connectivity index (χ3v) is 4.52. The molecule has 0 bridgehead atoms. The smallest absolute Gasteiger partial charge is 0.227 e. The standard InChI is InChI=1S/C18H25ClFNO2S/c1-5-6-7-23-17(24)9-13-8-16(15(20)10-14(13)19)21-18(22)12(4)11(2)3/h8,10-12H,5-7,9H2,1-4H3,(H,21,22). The lowest BCUT2D eigenvalue weighted by molar-refractivity contribution is -0.120. The maximum absolute atomic E-state index is 14.1. The molecule has 6 heteroatoms. The summed E-state index contributed by atoms with van der Waals surface area (Å²) in [7, 11) is 0. The van der Waals surface area contributed by atoms with Crippen LogP contribution in [0, 0.1) is 17.7 Å². The maximum Gasteiger partial charge on any atom is 0.227 e. The van der Waals surface area contributed by atoms with E-state index in [1.54, 1.807) is 0 Å².